The van der Waals surface area contributed by atoms with Gasteiger partial charge in [-0.3, -0.25) is 14.4 Å². The minimum Gasteiger partial charge on any atom is -0.346 e. The molecule has 2 saturated heterocycles. The number of allylic oxidation sites excluding steroid dienone is 1. The van der Waals surface area contributed by atoms with Gasteiger partial charge in [0, 0.05) is 67.4 Å². The maximum Gasteiger partial charge on any atom is 0.225 e. The van der Waals surface area contributed by atoms with Crippen LogP contribution < -0.4 is 5.32 Å². The summed E-state index contributed by atoms with van der Waals surface area (Å²) in [6, 6.07) is 2.42. The molecule has 8 nitrogen and oxygen atoms in total. The molecule has 0 atom stereocenters. The zero-order chi connectivity index (χ0) is 26.0. The predicted molar refractivity (Wildman–Crippen MR) is 145 cm³/mol. The number of likely N-dealkylation sites (tertiary alicyclic amines) is 2. The van der Waals surface area contributed by atoms with Gasteiger partial charge in [-0.1, -0.05) is 25.8 Å². The largest absolute Gasteiger partial charge is 0.346 e. The lowest BCUT2D eigenvalue weighted by Gasteiger charge is -2.58. The van der Waals surface area contributed by atoms with Crippen molar-refractivity contribution in [1.82, 2.24) is 24.9 Å². The van der Waals surface area contributed by atoms with Crippen LogP contribution in [-0.4, -0.2) is 63.0 Å². The minimum absolute atomic E-state index is 0.0482. The van der Waals surface area contributed by atoms with Crippen molar-refractivity contribution in [2.45, 2.75) is 76.3 Å². The molecule has 0 bridgehead atoms. The Morgan fingerprint density at radius 2 is 2.03 bits per heavy atom. The Labute approximate surface area is 220 Å². The van der Waals surface area contributed by atoms with E-state index in [1.807, 2.05) is 23.2 Å². The molecular formula is C29H39N7O. The first-order chi connectivity index (χ1) is 17.9. The highest BCUT2D eigenvalue weighted by Gasteiger charge is 2.52. The second-order valence-corrected chi connectivity index (χ2v) is 11.4. The van der Waals surface area contributed by atoms with Crippen LogP contribution in [0.3, 0.4) is 0 Å². The third-order valence-electron chi connectivity index (χ3n) is 9.10. The van der Waals surface area contributed by atoms with E-state index in [1.165, 1.54) is 25.5 Å². The number of nitrogens with zero attached hydrogens (tertiary/aromatic N) is 6. The number of nitrogens with one attached hydrogen (secondary N) is 1. The summed E-state index contributed by atoms with van der Waals surface area (Å²) in [5.41, 5.74) is 2.85. The van der Waals surface area contributed by atoms with Crippen molar-refractivity contribution in [2.75, 3.05) is 26.2 Å². The maximum atomic E-state index is 13.0. The molecule has 0 unspecified atom stereocenters. The lowest BCUT2D eigenvalue weighted by molar-refractivity contribution is -0.142. The number of nitriles is 1. The number of hydrogen-bond donors (Lipinski definition) is 1. The van der Waals surface area contributed by atoms with Crippen LogP contribution in [0.15, 0.2) is 48.0 Å². The molecule has 8 heteroatoms. The minimum atomic E-state index is -0.322. The summed E-state index contributed by atoms with van der Waals surface area (Å²) in [6.07, 6.45) is 17.6. The molecule has 1 saturated carbocycles. The van der Waals surface area contributed by atoms with E-state index < -0.39 is 0 Å². The number of carbonyl (C=O) groups excluding carboxylic acids is 1. The third kappa shape index (κ3) is 4.77. The SMILES string of the molecule is C=C/N=C1/NC=C/C1=C(/C)c1cnn(C2(CC#N)CN(C3(C)CCN(C(=O)C4CCCCC4)CC3)C2)c1. The number of piperidine rings is 1. The van der Waals surface area contributed by atoms with Crippen molar-refractivity contribution < 1.29 is 4.79 Å². The van der Waals surface area contributed by atoms with E-state index >= 15 is 0 Å². The van der Waals surface area contributed by atoms with Crippen LogP contribution in [0.1, 0.15) is 70.8 Å². The molecule has 3 fully saturated rings. The molecule has 0 aromatic carbocycles. The summed E-state index contributed by atoms with van der Waals surface area (Å²) in [5.74, 6) is 1.40. The van der Waals surface area contributed by atoms with Crippen LogP contribution in [0.25, 0.3) is 5.57 Å². The number of aliphatic imine (C=N–C) groups is 1. The van der Waals surface area contributed by atoms with Crippen LogP contribution in [0.5, 0.6) is 0 Å². The molecule has 196 valence electrons. The Bertz CT molecular complexity index is 1160. The number of amidine groups is 1. The first-order valence-electron chi connectivity index (χ1n) is 13.7. The fourth-order valence-electron chi connectivity index (χ4n) is 6.46. The fourth-order valence-corrected chi connectivity index (χ4v) is 6.46. The van der Waals surface area contributed by atoms with Gasteiger partial charge in [0.2, 0.25) is 5.91 Å². The van der Waals surface area contributed by atoms with Crippen LogP contribution in [-0.2, 0) is 10.3 Å². The molecular weight excluding hydrogens is 462 g/mol. The number of aromatic nitrogens is 2. The summed E-state index contributed by atoms with van der Waals surface area (Å²) in [7, 11) is 0. The Balaban J connectivity index is 1.25. The van der Waals surface area contributed by atoms with Gasteiger partial charge in [-0.25, -0.2) is 4.99 Å². The van der Waals surface area contributed by atoms with Crippen molar-refractivity contribution in [3.8, 4) is 6.07 Å². The van der Waals surface area contributed by atoms with Crippen LogP contribution in [0.2, 0.25) is 0 Å². The van der Waals surface area contributed by atoms with E-state index in [9.17, 15) is 10.1 Å². The molecule has 1 N–H and O–H groups in total. The topological polar surface area (TPSA) is 89.5 Å². The average Bonchev–Trinajstić information content (AvgIpc) is 3.57. The number of rotatable bonds is 6. The van der Waals surface area contributed by atoms with Gasteiger partial charge in [-0.15, -0.1) is 0 Å². The molecule has 0 spiro atoms. The number of amides is 1. The second kappa shape index (κ2) is 10.3. The standard InChI is InChI=1S/C29H39N7O/c1-4-31-26-25(10-15-32-26)22(2)24-18-33-36(19-24)29(11-14-30)20-35(21-29)28(3)12-16-34(17-13-28)27(37)23-8-6-5-7-9-23/h4,10,15,18-19,23H,1,5-9,11-13,16-17,20-21H2,2-3H3,(H,31,32)/b25-22+. The highest BCUT2D eigenvalue weighted by atomic mass is 16.2. The molecule has 1 aromatic heterocycles. The van der Waals surface area contributed by atoms with Gasteiger partial charge in [0.05, 0.1) is 18.7 Å². The monoisotopic (exact) mass is 501 g/mol. The van der Waals surface area contributed by atoms with Crippen molar-refractivity contribution in [3.63, 3.8) is 0 Å². The normalized spacial score (nSPS) is 25.9. The number of carbonyl (C=O) groups is 1. The third-order valence-corrected chi connectivity index (χ3v) is 9.10. The Kier molecular flexibility index (Phi) is 7.09. The smallest absolute Gasteiger partial charge is 0.225 e. The van der Waals surface area contributed by atoms with Crippen LogP contribution in [0.4, 0.5) is 0 Å². The Hall–Kier alpha value is -3.18. The zero-order valence-electron chi connectivity index (χ0n) is 22.2. The highest BCUT2D eigenvalue weighted by molar-refractivity contribution is 6.09. The molecule has 0 radical (unpaired) electrons. The molecule has 1 amide bonds. The molecule has 4 aliphatic rings. The fraction of sp³-hybridized carbons (Fsp3) is 0.586. The lowest BCUT2D eigenvalue weighted by Crippen LogP contribution is -2.70. The zero-order valence-corrected chi connectivity index (χ0v) is 22.2. The number of hydrogen-bond acceptors (Lipinski definition) is 5. The van der Waals surface area contributed by atoms with Gasteiger partial charge < -0.3 is 10.2 Å². The molecule has 5 rings (SSSR count). The quantitative estimate of drug-likeness (QED) is 0.631. The first kappa shape index (κ1) is 25.5. The van der Waals surface area contributed by atoms with Gasteiger partial charge in [0.1, 0.15) is 11.4 Å². The molecule has 1 aromatic rings. The highest BCUT2D eigenvalue weighted by Crippen LogP contribution is 2.42. The summed E-state index contributed by atoms with van der Waals surface area (Å²) in [5, 5.41) is 17.6. The van der Waals surface area contributed by atoms with E-state index in [2.05, 4.69) is 52.8 Å². The second-order valence-electron chi connectivity index (χ2n) is 11.4. The van der Waals surface area contributed by atoms with Gasteiger partial charge in [0.15, 0.2) is 0 Å². The summed E-state index contributed by atoms with van der Waals surface area (Å²) >= 11 is 0. The van der Waals surface area contributed by atoms with E-state index in [0.29, 0.717) is 12.3 Å². The van der Waals surface area contributed by atoms with Gasteiger partial charge in [-0.2, -0.15) is 10.4 Å². The maximum absolute atomic E-state index is 13.0. The predicted octanol–water partition coefficient (Wildman–Crippen LogP) is 4.20. The van der Waals surface area contributed by atoms with E-state index in [0.717, 1.165) is 74.4 Å². The lowest BCUT2D eigenvalue weighted by atomic mass is 9.77. The molecule has 3 aliphatic heterocycles. The van der Waals surface area contributed by atoms with Crippen molar-refractivity contribution >= 4 is 17.3 Å². The van der Waals surface area contributed by atoms with Gasteiger partial charge >= 0.3 is 0 Å². The summed E-state index contributed by atoms with van der Waals surface area (Å²) in [6.45, 7) is 11.4. The van der Waals surface area contributed by atoms with Gasteiger partial charge in [0.25, 0.3) is 0 Å². The average molecular weight is 502 g/mol. The van der Waals surface area contributed by atoms with Gasteiger partial charge in [-0.05, 0) is 51.2 Å². The molecule has 4 heterocycles. The van der Waals surface area contributed by atoms with Crippen molar-refractivity contribution in [2.24, 2.45) is 10.9 Å². The van der Waals surface area contributed by atoms with E-state index in [1.54, 1.807) is 0 Å². The first-order valence-corrected chi connectivity index (χ1v) is 13.7. The summed E-state index contributed by atoms with van der Waals surface area (Å²) < 4.78 is 2.01. The van der Waals surface area contributed by atoms with Crippen molar-refractivity contribution in [3.05, 3.63) is 48.6 Å². The van der Waals surface area contributed by atoms with E-state index in [4.69, 9.17) is 5.10 Å². The van der Waals surface area contributed by atoms with E-state index in [-0.39, 0.29) is 17.0 Å². The van der Waals surface area contributed by atoms with Crippen LogP contribution in [0, 0.1) is 17.2 Å². The van der Waals surface area contributed by atoms with Crippen LogP contribution >= 0.6 is 0 Å². The Morgan fingerprint density at radius 1 is 1.30 bits per heavy atom. The van der Waals surface area contributed by atoms with Crippen molar-refractivity contribution in [1.29, 1.82) is 5.26 Å². The molecule has 1 aliphatic carbocycles. The Morgan fingerprint density at radius 3 is 2.70 bits per heavy atom. The molecule has 37 heavy (non-hydrogen) atoms. The summed E-state index contributed by atoms with van der Waals surface area (Å²) in [4.78, 5) is 22.0.